The van der Waals surface area contributed by atoms with Crippen molar-refractivity contribution in [1.82, 2.24) is 5.32 Å². The zero-order valence-corrected chi connectivity index (χ0v) is 9.30. The van der Waals surface area contributed by atoms with Crippen molar-refractivity contribution in [2.24, 2.45) is 0 Å². The Kier molecular flexibility index (Phi) is 3.82. The van der Waals surface area contributed by atoms with Crippen molar-refractivity contribution in [2.75, 3.05) is 6.61 Å². The van der Waals surface area contributed by atoms with E-state index in [1.54, 1.807) is 0 Å². The minimum atomic E-state index is 0.578. The van der Waals surface area contributed by atoms with Crippen molar-refractivity contribution in [3.63, 3.8) is 0 Å². The summed E-state index contributed by atoms with van der Waals surface area (Å²) < 4.78 is 5.64. The van der Waals surface area contributed by atoms with Crippen LogP contribution in [0, 0.1) is 0 Å². The van der Waals surface area contributed by atoms with Crippen LogP contribution < -0.4 is 5.32 Å². The summed E-state index contributed by atoms with van der Waals surface area (Å²) in [5.74, 6) is 0. The van der Waals surface area contributed by atoms with E-state index in [4.69, 9.17) is 4.74 Å². The maximum Gasteiger partial charge on any atom is 0.0576 e. The van der Waals surface area contributed by atoms with Gasteiger partial charge in [-0.2, -0.15) is 0 Å². The Morgan fingerprint density at radius 1 is 1.14 bits per heavy atom. The highest BCUT2D eigenvalue weighted by molar-refractivity contribution is 4.79. The van der Waals surface area contributed by atoms with Crippen LogP contribution in [0.2, 0.25) is 0 Å². The van der Waals surface area contributed by atoms with Gasteiger partial charge in [0, 0.05) is 18.7 Å². The molecule has 2 heteroatoms. The minimum Gasteiger partial charge on any atom is -0.378 e. The molecule has 0 saturated carbocycles. The zero-order chi connectivity index (χ0) is 9.80. The summed E-state index contributed by atoms with van der Waals surface area (Å²) in [6.45, 7) is 3.30. The maximum atomic E-state index is 5.64. The summed E-state index contributed by atoms with van der Waals surface area (Å²) in [4.78, 5) is 0. The van der Waals surface area contributed by atoms with Gasteiger partial charge < -0.3 is 10.1 Å². The molecule has 0 amide bonds. The van der Waals surface area contributed by atoms with E-state index in [9.17, 15) is 0 Å². The van der Waals surface area contributed by atoms with Crippen LogP contribution in [0.3, 0.4) is 0 Å². The van der Waals surface area contributed by atoms with Crippen LogP contribution >= 0.6 is 0 Å². The Balaban J connectivity index is 1.64. The van der Waals surface area contributed by atoms with Gasteiger partial charge in [-0.25, -0.2) is 0 Å². The average Bonchev–Trinajstić information content (AvgIpc) is 2.67. The van der Waals surface area contributed by atoms with Crippen molar-refractivity contribution in [3.8, 4) is 0 Å². The topological polar surface area (TPSA) is 21.3 Å². The van der Waals surface area contributed by atoms with E-state index >= 15 is 0 Å². The monoisotopic (exact) mass is 197 g/mol. The highest BCUT2D eigenvalue weighted by Gasteiger charge is 2.21. The molecule has 0 aromatic heterocycles. The fourth-order valence-electron chi connectivity index (χ4n) is 2.73. The summed E-state index contributed by atoms with van der Waals surface area (Å²) in [5.41, 5.74) is 0. The molecule has 3 atom stereocenters. The zero-order valence-electron chi connectivity index (χ0n) is 9.30. The third-order valence-corrected chi connectivity index (χ3v) is 3.57. The SMILES string of the molecule is CC1CCCC(CCC2CCCO2)N1. The molecule has 2 fully saturated rings. The Morgan fingerprint density at radius 3 is 2.79 bits per heavy atom. The maximum absolute atomic E-state index is 5.64. The first-order chi connectivity index (χ1) is 6.84. The average molecular weight is 197 g/mol. The Labute approximate surface area is 87.4 Å². The number of ether oxygens (including phenoxy) is 1. The van der Waals surface area contributed by atoms with Crippen LogP contribution in [0.25, 0.3) is 0 Å². The van der Waals surface area contributed by atoms with Gasteiger partial charge in [0.25, 0.3) is 0 Å². The summed E-state index contributed by atoms with van der Waals surface area (Å²) >= 11 is 0. The highest BCUT2D eigenvalue weighted by atomic mass is 16.5. The van der Waals surface area contributed by atoms with E-state index in [1.807, 2.05) is 0 Å². The third kappa shape index (κ3) is 2.96. The van der Waals surface area contributed by atoms with E-state index in [0.29, 0.717) is 6.10 Å². The largest absolute Gasteiger partial charge is 0.378 e. The van der Waals surface area contributed by atoms with Crippen molar-refractivity contribution < 1.29 is 4.74 Å². The van der Waals surface area contributed by atoms with Crippen molar-refractivity contribution in [1.29, 1.82) is 0 Å². The van der Waals surface area contributed by atoms with E-state index in [-0.39, 0.29) is 0 Å². The molecule has 2 aliphatic rings. The molecule has 3 unspecified atom stereocenters. The molecule has 2 rings (SSSR count). The van der Waals surface area contributed by atoms with Gasteiger partial charge in [-0.1, -0.05) is 6.42 Å². The Bertz CT molecular complexity index is 166. The van der Waals surface area contributed by atoms with Crippen LogP contribution in [0.1, 0.15) is 51.9 Å². The lowest BCUT2D eigenvalue weighted by molar-refractivity contribution is 0.0977. The van der Waals surface area contributed by atoms with Gasteiger partial charge in [0.15, 0.2) is 0 Å². The first-order valence-corrected chi connectivity index (χ1v) is 6.22. The molecule has 0 aromatic carbocycles. The first-order valence-electron chi connectivity index (χ1n) is 6.22. The molecule has 2 heterocycles. The van der Waals surface area contributed by atoms with E-state index < -0.39 is 0 Å². The molecule has 0 aliphatic carbocycles. The van der Waals surface area contributed by atoms with Crippen LogP contribution in [-0.2, 0) is 4.74 Å². The number of hydrogen-bond donors (Lipinski definition) is 1. The number of piperidine rings is 1. The second-order valence-electron chi connectivity index (χ2n) is 4.91. The van der Waals surface area contributed by atoms with Gasteiger partial charge in [0.2, 0.25) is 0 Å². The van der Waals surface area contributed by atoms with Gasteiger partial charge in [-0.3, -0.25) is 0 Å². The quantitative estimate of drug-likeness (QED) is 0.750. The predicted molar refractivity (Wildman–Crippen MR) is 58.4 cm³/mol. The lowest BCUT2D eigenvalue weighted by Gasteiger charge is -2.29. The number of hydrogen-bond acceptors (Lipinski definition) is 2. The Hall–Kier alpha value is -0.0800. The lowest BCUT2D eigenvalue weighted by atomic mass is 9.95. The van der Waals surface area contributed by atoms with Gasteiger partial charge in [0.1, 0.15) is 0 Å². The molecule has 2 nitrogen and oxygen atoms in total. The van der Waals surface area contributed by atoms with Crippen LogP contribution in [0.4, 0.5) is 0 Å². The van der Waals surface area contributed by atoms with Crippen LogP contribution in [0.5, 0.6) is 0 Å². The highest BCUT2D eigenvalue weighted by Crippen LogP contribution is 2.21. The molecule has 14 heavy (non-hydrogen) atoms. The second kappa shape index (κ2) is 5.13. The Morgan fingerprint density at radius 2 is 2.07 bits per heavy atom. The molecule has 0 radical (unpaired) electrons. The molecule has 1 N–H and O–H groups in total. The molecule has 2 aliphatic heterocycles. The smallest absolute Gasteiger partial charge is 0.0576 e. The number of nitrogens with one attached hydrogen (secondary N) is 1. The van der Waals surface area contributed by atoms with Crippen LogP contribution in [0.15, 0.2) is 0 Å². The molecular formula is C12H23NO. The van der Waals surface area contributed by atoms with Gasteiger partial charge >= 0.3 is 0 Å². The normalized spacial score (nSPS) is 38.8. The van der Waals surface area contributed by atoms with Crippen molar-refractivity contribution in [2.45, 2.75) is 70.1 Å². The lowest BCUT2D eigenvalue weighted by Crippen LogP contribution is -2.40. The molecule has 0 bridgehead atoms. The molecule has 0 spiro atoms. The first kappa shape index (κ1) is 10.4. The predicted octanol–water partition coefficient (Wildman–Crippen LogP) is 2.48. The minimum absolute atomic E-state index is 0.578. The fraction of sp³-hybridized carbons (Fsp3) is 1.00. The van der Waals surface area contributed by atoms with Crippen molar-refractivity contribution in [3.05, 3.63) is 0 Å². The van der Waals surface area contributed by atoms with E-state index in [0.717, 1.165) is 18.7 Å². The summed E-state index contributed by atoms with van der Waals surface area (Å²) in [6.07, 6.45) is 9.87. The molecule has 0 aromatic rings. The van der Waals surface area contributed by atoms with E-state index in [2.05, 4.69) is 12.2 Å². The summed E-state index contributed by atoms with van der Waals surface area (Å²) in [5, 5.41) is 3.68. The van der Waals surface area contributed by atoms with Crippen molar-refractivity contribution >= 4 is 0 Å². The standard InChI is InChI=1S/C12H23NO/c1-10-4-2-5-11(13-10)7-8-12-6-3-9-14-12/h10-13H,2-9H2,1H3. The fourth-order valence-corrected chi connectivity index (χ4v) is 2.73. The second-order valence-corrected chi connectivity index (χ2v) is 4.91. The summed E-state index contributed by atoms with van der Waals surface area (Å²) in [6, 6.07) is 1.50. The molecular weight excluding hydrogens is 174 g/mol. The van der Waals surface area contributed by atoms with Gasteiger partial charge in [-0.05, 0) is 45.4 Å². The van der Waals surface area contributed by atoms with Crippen LogP contribution in [-0.4, -0.2) is 24.8 Å². The molecule has 2 saturated heterocycles. The van der Waals surface area contributed by atoms with E-state index in [1.165, 1.54) is 44.9 Å². The summed E-state index contributed by atoms with van der Waals surface area (Å²) in [7, 11) is 0. The van der Waals surface area contributed by atoms with Gasteiger partial charge in [-0.15, -0.1) is 0 Å². The molecule has 82 valence electrons. The third-order valence-electron chi connectivity index (χ3n) is 3.57. The number of rotatable bonds is 3. The van der Waals surface area contributed by atoms with Gasteiger partial charge in [0.05, 0.1) is 6.10 Å².